The van der Waals surface area contributed by atoms with Gasteiger partial charge in [0.05, 0.1) is 0 Å². The molecule has 0 spiro atoms. The Morgan fingerprint density at radius 2 is 2.00 bits per heavy atom. The van der Waals surface area contributed by atoms with Crippen LogP contribution in [0.3, 0.4) is 0 Å². The largest absolute Gasteiger partial charge is 0.353 e. The van der Waals surface area contributed by atoms with Gasteiger partial charge in [-0.1, -0.05) is 6.07 Å². The second-order valence-electron chi connectivity index (χ2n) is 6.64. The molecular weight excluding hydrogens is 314 g/mol. The van der Waals surface area contributed by atoms with Crippen LogP contribution in [0.25, 0.3) is 6.08 Å². The second kappa shape index (κ2) is 7.01. The number of nitrogens with one attached hydrogen (secondary N) is 1. The fourth-order valence-corrected chi connectivity index (χ4v) is 3.76. The van der Waals surface area contributed by atoms with Gasteiger partial charge in [-0.2, -0.15) is 0 Å². The average molecular weight is 335 g/mol. The Morgan fingerprint density at radius 1 is 1.20 bits per heavy atom. The number of hydrogen-bond donors (Lipinski definition) is 1. The van der Waals surface area contributed by atoms with Gasteiger partial charge in [-0.05, 0) is 47.9 Å². The first kappa shape index (κ1) is 15.7. The van der Waals surface area contributed by atoms with Crippen molar-refractivity contribution >= 4 is 17.9 Å². The molecule has 1 saturated carbocycles. The van der Waals surface area contributed by atoms with Crippen LogP contribution in [0.1, 0.15) is 12.0 Å². The van der Waals surface area contributed by atoms with E-state index in [2.05, 4.69) is 25.2 Å². The van der Waals surface area contributed by atoms with Gasteiger partial charge in [0.1, 0.15) is 0 Å². The first-order chi connectivity index (χ1) is 12.3. The summed E-state index contributed by atoms with van der Waals surface area (Å²) in [6.45, 7) is 2.80. The number of carbonyl (C=O) groups is 1. The van der Waals surface area contributed by atoms with Crippen LogP contribution in [-0.2, 0) is 4.79 Å². The quantitative estimate of drug-likeness (QED) is 0.815. The number of anilines is 1. The molecule has 0 aromatic carbocycles. The van der Waals surface area contributed by atoms with Gasteiger partial charge in [0.25, 0.3) is 0 Å². The summed E-state index contributed by atoms with van der Waals surface area (Å²) in [6.07, 6.45) is 11.4. The van der Waals surface area contributed by atoms with Crippen molar-refractivity contribution in [2.24, 2.45) is 17.8 Å². The van der Waals surface area contributed by atoms with Crippen molar-refractivity contribution in [3.8, 4) is 0 Å². The molecule has 4 rings (SSSR count). The molecule has 2 unspecified atom stereocenters. The molecule has 1 N–H and O–H groups in total. The number of nitrogens with zero attached hydrogens (tertiary/aromatic N) is 4. The van der Waals surface area contributed by atoms with Crippen molar-refractivity contribution in [3.63, 3.8) is 0 Å². The Bertz CT molecular complexity index is 737. The highest BCUT2D eigenvalue weighted by Gasteiger charge is 2.55. The Morgan fingerprint density at radius 3 is 2.72 bits per heavy atom. The first-order valence-electron chi connectivity index (χ1n) is 8.69. The summed E-state index contributed by atoms with van der Waals surface area (Å²) in [5.74, 6) is 2.97. The van der Waals surface area contributed by atoms with Crippen molar-refractivity contribution in [1.29, 1.82) is 0 Å². The number of piperidine rings is 1. The molecule has 25 heavy (non-hydrogen) atoms. The molecule has 2 aliphatic rings. The van der Waals surface area contributed by atoms with Crippen LogP contribution in [0, 0.1) is 17.8 Å². The van der Waals surface area contributed by atoms with Crippen LogP contribution in [0.4, 0.5) is 5.95 Å². The van der Waals surface area contributed by atoms with Crippen molar-refractivity contribution in [3.05, 3.63) is 54.6 Å². The highest BCUT2D eigenvalue weighted by Crippen LogP contribution is 2.53. The Labute approximate surface area is 147 Å². The summed E-state index contributed by atoms with van der Waals surface area (Å²) in [7, 11) is 0. The fourth-order valence-electron chi connectivity index (χ4n) is 3.76. The molecule has 128 valence electrons. The standard InChI is InChI=1S/C19H21N5O/c25-18(5-4-14-3-1-7-20-11-14)21-10-6-15-16-12-24(13-17(15)16)19-22-8-2-9-23-19/h1-5,7-9,11,15-17H,6,10,12-13H2,(H,21,25)/b5-4+. The molecule has 0 radical (unpaired) electrons. The molecule has 2 fully saturated rings. The highest BCUT2D eigenvalue weighted by molar-refractivity contribution is 5.91. The van der Waals surface area contributed by atoms with Gasteiger partial charge in [0.15, 0.2) is 0 Å². The lowest BCUT2D eigenvalue weighted by Crippen LogP contribution is -2.27. The first-order valence-corrected chi connectivity index (χ1v) is 8.69. The van der Waals surface area contributed by atoms with E-state index in [0.717, 1.165) is 55.3 Å². The fraction of sp³-hybridized carbons (Fsp3) is 0.368. The topological polar surface area (TPSA) is 71.0 Å². The lowest BCUT2D eigenvalue weighted by atomic mass is 10.2. The molecular formula is C19H21N5O. The van der Waals surface area contributed by atoms with Gasteiger partial charge in [-0.15, -0.1) is 0 Å². The van der Waals surface area contributed by atoms with Crippen molar-refractivity contribution in [2.75, 3.05) is 24.5 Å². The van der Waals surface area contributed by atoms with E-state index in [1.165, 1.54) is 0 Å². The van der Waals surface area contributed by atoms with Gasteiger partial charge in [0, 0.05) is 50.5 Å². The second-order valence-corrected chi connectivity index (χ2v) is 6.64. The minimum atomic E-state index is -0.0472. The van der Waals surface area contributed by atoms with Crippen LogP contribution < -0.4 is 10.2 Å². The lowest BCUT2D eigenvalue weighted by molar-refractivity contribution is -0.116. The van der Waals surface area contributed by atoms with E-state index >= 15 is 0 Å². The van der Waals surface area contributed by atoms with Crippen molar-refractivity contribution in [2.45, 2.75) is 6.42 Å². The normalized spacial score (nSPS) is 24.3. The van der Waals surface area contributed by atoms with E-state index in [4.69, 9.17) is 0 Å². The summed E-state index contributed by atoms with van der Waals surface area (Å²) in [4.78, 5) is 26.8. The number of rotatable bonds is 6. The summed E-state index contributed by atoms with van der Waals surface area (Å²) < 4.78 is 0. The monoisotopic (exact) mass is 335 g/mol. The molecule has 1 aliphatic carbocycles. The third-order valence-corrected chi connectivity index (χ3v) is 5.09. The van der Waals surface area contributed by atoms with E-state index in [-0.39, 0.29) is 5.91 Å². The van der Waals surface area contributed by atoms with Gasteiger partial charge < -0.3 is 10.2 Å². The van der Waals surface area contributed by atoms with E-state index in [9.17, 15) is 4.79 Å². The summed E-state index contributed by atoms with van der Waals surface area (Å²) in [6, 6.07) is 5.62. The molecule has 1 aliphatic heterocycles. The van der Waals surface area contributed by atoms with Crippen molar-refractivity contribution in [1.82, 2.24) is 20.3 Å². The lowest BCUT2D eigenvalue weighted by Gasteiger charge is -2.19. The minimum absolute atomic E-state index is 0.0472. The number of hydrogen-bond acceptors (Lipinski definition) is 5. The Kier molecular flexibility index (Phi) is 4.41. The number of pyridine rings is 1. The zero-order chi connectivity index (χ0) is 17.1. The molecule has 2 aromatic heterocycles. The number of fused-ring (bicyclic) bond motifs is 1. The predicted octanol–water partition coefficient (Wildman–Crippen LogP) is 1.77. The third kappa shape index (κ3) is 3.68. The molecule has 2 aromatic rings. The zero-order valence-electron chi connectivity index (χ0n) is 14.0. The average Bonchev–Trinajstić information content (AvgIpc) is 3.11. The molecule has 1 saturated heterocycles. The minimum Gasteiger partial charge on any atom is -0.353 e. The third-order valence-electron chi connectivity index (χ3n) is 5.09. The van der Waals surface area contributed by atoms with Gasteiger partial charge >= 0.3 is 0 Å². The maximum atomic E-state index is 11.9. The predicted molar refractivity (Wildman–Crippen MR) is 95.6 cm³/mol. The van der Waals surface area contributed by atoms with Crippen LogP contribution in [0.5, 0.6) is 0 Å². The molecule has 2 atom stereocenters. The van der Waals surface area contributed by atoms with Crippen LogP contribution in [-0.4, -0.2) is 40.5 Å². The van der Waals surface area contributed by atoms with Gasteiger partial charge in [-0.25, -0.2) is 9.97 Å². The maximum absolute atomic E-state index is 11.9. The van der Waals surface area contributed by atoms with E-state index in [1.54, 1.807) is 36.9 Å². The highest BCUT2D eigenvalue weighted by atomic mass is 16.1. The molecule has 3 heterocycles. The zero-order valence-corrected chi connectivity index (χ0v) is 14.0. The molecule has 0 bridgehead atoms. The summed E-state index contributed by atoms with van der Waals surface area (Å²) in [5.41, 5.74) is 0.928. The van der Waals surface area contributed by atoms with E-state index in [1.807, 2.05) is 18.2 Å². The molecule has 6 heteroatoms. The van der Waals surface area contributed by atoms with E-state index < -0.39 is 0 Å². The Balaban J connectivity index is 1.17. The van der Waals surface area contributed by atoms with Gasteiger partial charge in [0.2, 0.25) is 11.9 Å². The Hall–Kier alpha value is -2.76. The number of amides is 1. The van der Waals surface area contributed by atoms with Crippen molar-refractivity contribution < 1.29 is 4.79 Å². The molecule has 6 nitrogen and oxygen atoms in total. The molecule has 1 amide bonds. The van der Waals surface area contributed by atoms with Gasteiger partial charge in [-0.3, -0.25) is 9.78 Å². The maximum Gasteiger partial charge on any atom is 0.244 e. The smallest absolute Gasteiger partial charge is 0.244 e. The number of aromatic nitrogens is 3. The SMILES string of the molecule is O=C(/C=C/c1cccnc1)NCCC1C2CN(c3ncccn3)CC12. The van der Waals surface area contributed by atoms with Crippen LogP contribution >= 0.6 is 0 Å². The number of carbonyl (C=O) groups excluding carboxylic acids is 1. The summed E-state index contributed by atoms with van der Waals surface area (Å²) in [5, 5.41) is 2.97. The van der Waals surface area contributed by atoms with Crippen LogP contribution in [0.2, 0.25) is 0 Å². The summed E-state index contributed by atoms with van der Waals surface area (Å²) >= 11 is 0. The van der Waals surface area contributed by atoms with E-state index in [0.29, 0.717) is 0 Å². The van der Waals surface area contributed by atoms with Crippen LogP contribution in [0.15, 0.2) is 49.1 Å².